The minimum absolute atomic E-state index is 0.210. The number of carbonyl (C=O) groups is 1. The average Bonchev–Trinajstić information content (AvgIpc) is 2.37. The SMILES string of the molecule is CC(C)(O)C(=O)N1CCN(c2cccc(Cl)c2)CC1. The van der Waals surface area contributed by atoms with Crippen LogP contribution in [0.15, 0.2) is 24.3 Å². The first-order chi connectivity index (χ1) is 8.88. The number of nitrogens with zero attached hydrogens (tertiary/aromatic N) is 2. The van der Waals surface area contributed by atoms with Crippen LogP contribution in [0.3, 0.4) is 0 Å². The van der Waals surface area contributed by atoms with Crippen molar-refractivity contribution in [2.45, 2.75) is 19.4 Å². The number of carbonyl (C=O) groups excluding carboxylic acids is 1. The highest BCUT2D eigenvalue weighted by Crippen LogP contribution is 2.21. The second kappa shape index (κ2) is 5.39. The fourth-order valence-corrected chi connectivity index (χ4v) is 2.41. The third-order valence-corrected chi connectivity index (χ3v) is 3.50. The van der Waals surface area contributed by atoms with Gasteiger partial charge in [0.1, 0.15) is 5.60 Å². The van der Waals surface area contributed by atoms with E-state index < -0.39 is 5.60 Å². The largest absolute Gasteiger partial charge is 0.381 e. The summed E-state index contributed by atoms with van der Waals surface area (Å²) in [6.45, 7) is 5.80. The smallest absolute Gasteiger partial charge is 0.254 e. The Bertz CT molecular complexity index is 463. The molecular weight excluding hydrogens is 264 g/mol. The van der Waals surface area contributed by atoms with Crippen LogP contribution in [0.5, 0.6) is 0 Å². The Morgan fingerprint density at radius 3 is 2.42 bits per heavy atom. The van der Waals surface area contributed by atoms with Crippen molar-refractivity contribution in [3.63, 3.8) is 0 Å². The summed E-state index contributed by atoms with van der Waals surface area (Å²) in [6.07, 6.45) is 0. The van der Waals surface area contributed by atoms with E-state index in [2.05, 4.69) is 4.90 Å². The number of anilines is 1. The van der Waals surface area contributed by atoms with E-state index in [1.165, 1.54) is 13.8 Å². The second-order valence-corrected chi connectivity index (χ2v) is 5.75. The highest BCUT2D eigenvalue weighted by Gasteiger charge is 2.31. The monoisotopic (exact) mass is 282 g/mol. The van der Waals surface area contributed by atoms with Gasteiger partial charge in [0.25, 0.3) is 5.91 Å². The lowest BCUT2D eigenvalue weighted by atomic mass is 10.1. The van der Waals surface area contributed by atoms with E-state index in [4.69, 9.17) is 11.6 Å². The zero-order valence-electron chi connectivity index (χ0n) is 11.3. The Labute approximate surface area is 118 Å². The summed E-state index contributed by atoms with van der Waals surface area (Å²) in [5.41, 5.74) is -0.221. The highest BCUT2D eigenvalue weighted by atomic mass is 35.5. The molecule has 0 aliphatic carbocycles. The molecule has 5 heteroatoms. The Morgan fingerprint density at radius 2 is 1.89 bits per heavy atom. The van der Waals surface area contributed by atoms with Gasteiger partial charge >= 0.3 is 0 Å². The minimum atomic E-state index is -1.29. The number of hydrogen-bond acceptors (Lipinski definition) is 3. The van der Waals surface area contributed by atoms with Crippen molar-refractivity contribution in [2.75, 3.05) is 31.1 Å². The van der Waals surface area contributed by atoms with Crippen LogP contribution in [0, 0.1) is 0 Å². The summed E-state index contributed by atoms with van der Waals surface area (Å²) >= 11 is 5.98. The molecule has 0 saturated carbocycles. The maximum atomic E-state index is 12.0. The molecule has 0 unspecified atom stereocenters. The maximum absolute atomic E-state index is 12.0. The van der Waals surface area contributed by atoms with Crippen LogP contribution in [-0.2, 0) is 4.79 Å². The van der Waals surface area contributed by atoms with Crippen molar-refractivity contribution in [3.05, 3.63) is 29.3 Å². The summed E-state index contributed by atoms with van der Waals surface area (Å²) in [5.74, 6) is -0.210. The highest BCUT2D eigenvalue weighted by molar-refractivity contribution is 6.30. The van der Waals surface area contributed by atoms with Crippen LogP contribution in [0.2, 0.25) is 5.02 Å². The standard InChI is InChI=1S/C14H19ClN2O2/c1-14(2,19)13(18)17-8-6-16(7-9-17)12-5-3-4-11(15)10-12/h3-5,10,19H,6-9H2,1-2H3. The van der Waals surface area contributed by atoms with E-state index in [0.29, 0.717) is 18.1 Å². The lowest BCUT2D eigenvalue weighted by Gasteiger charge is -2.38. The molecule has 1 fully saturated rings. The number of halogens is 1. The number of hydrogen-bond donors (Lipinski definition) is 1. The fourth-order valence-electron chi connectivity index (χ4n) is 2.23. The molecule has 0 aromatic heterocycles. The van der Waals surface area contributed by atoms with Crippen LogP contribution in [-0.4, -0.2) is 47.7 Å². The molecule has 0 spiro atoms. The average molecular weight is 283 g/mol. The lowest BCUT2D eigenvalue weighted by molar-refractivity contribution is -0.148. The molecule has 104 valence electrons. The number of piperazine rings is 1. The maximum Gasteiger partial charge on any atom is 0.254 e. The summed E-state index contributed by atoms with van der Waals surface area (Å²) in [4.78, 5) is 15.9. The van der Waals surface area contributed by atoms with Gasteiger partial charge in [-0.25, -0.2) is 0 Å². The first-order valence-corrected chi connectivity index (χ1v) is 6.78. The third-order valence-electron chi connectivity index (χ3n) is 3.26. The van der Waals surface area contributed by atoms with Gasteiger partial charge in [-0.05, 0) is 32.0 Å². The first kappa shape index (κ1) is 14.2. The first-order valence-electron chi connectivity index (χ1n) is 6.40. The van der Waals surface area contributed by atoms with Crippen molar-refractivity contribution >= 4 is 23.2 Å². The number of amides is 1. The van der Waals surface area contributed by atoms with Gasteiger partial charge in [-0.15, -0.1) is 0 Å². The molecule has 0 atom stereocenters. The van der Waals surface area contributed by atoms with E-state index in [1.807, 2.05) is 24.3 Å². The van der Waals surface area contributed by atoms with E-state index in [-0.39, 0.29) is 5.91 Å². The van der Waals surface area contributed by atoms with Crippen molar-refractivity contribution < 1.29 is 9.90 Å². The number of rotatable bonds is 2. The van der Waals surface area contributed by atoms with Crippen LogP contribution < -0.4 is 4.90 Å². The Kier molecular flexibility index (Phi) is 4.02. The molecule has 1 saturated heterocycles. The molecule has 1 amide bonds. The zero-order valence-corrected chi connectivity index (χ0v) is 12.0. The minimum Gasteiger partial charge on any atom is -0.381 e. The normalized spacial score (nSPS) is 16.6. The van der Waals surface area contributed by atoms with Crippen LogP contribution in [0.4, 0.5) is 5.69 Å². The van der Waals surface area contributed by atoms with Gasteiger partial charge in [0.15, 0.2) is 0 Å². The molecule has 1 aromatic carbocycles. The molecule has 19 heavy (non-hydrogen) atoms. The molecule has 1 aromatic rings. The second-order valence-electron chi connectivity index (χ2n) is 5.32. The van der Waals surface area contributed by atoms with Crippen molar-refractivity contribution in [1.82, 2.24) is 4.90 Å². The van der Waals surface area contributed by atoms with E-state index in [9.17, 15) is 9.90 Å². The van der Waals surface area contributed by atoms with Gasteiger partial charge in [0, 0.05) is 36.9 Å². The van der Waals surface area contributed by atoms with Gasteiger partial charge in [-0.1, -0.05) is 17.7 Å². The molecule has 1 N–H and O–H groups in total. The summed E-state index contributed by atoms with van der Waals surface area (Å²) < 4.78 is 0. The summed E-state index contributed by atoms with van der Waals surface area (Å²) in [7, 11) is 0. The summed E-state index contributed by atoms with van der Waals surface area (Å²) in [6, 6.07) is 7.71. The Hall–Kier alpha value is -1.26. The molecule has 0 radical (unpaired) electrons. The summed E-state index contributed by atoms with van der Waals surface area (Å²) in [5, 5.41) is 10.5. The van der Waals surface area contributed by atoms with E-state index >= 15 is 0 Å². The predicted octanol–water partition coefficient (Wildman–Crippen LogP) is 1.76. The predicted molar refractivity (Wildman–Crippen MR) is 76.5 cm³/mol. The topological polar surface area (TPSA) is 43.8 Å². The van der Waals surface area contributed by atoms with Crippen molar-refractivity contribution in [2.24, 2.45) is 0 Å². The van der Waals surface area contributed by atoms with E-state index in [1.54, 1.807) is 4.90 Å². The molecule has 1 heterocycles. The lowest BCUT2D eigenvalue weighted by Crippen LogP contribution is -2.54. The zero-order chi connectivity index (χ0) is 14.0. The van der Waals surface area contributed by atoms with Gasteiger partial charge in [-0.3, -0.25) is 4.79 Å². The van der Waals surface area contributed by atoms with Crippen molar-refractivity contribution in [3.8, 4) is 0 Å². The Morgan fingerprint density at radius 1 is 1.26 bits per heavy atom. The van der Waals surface area contributed by atoms with Gasteiger partial charge in [0.05, 0.1) is 0 Å². The fraction of sp³-hybridized carbons (Fsp3) is 0.500. The van der Waals surface area contributed by atoms with E-state index in [0.717, 1.165) is 18.8 Å². The van der Waals surface area contributed by atoms with Crippen LogP contribution >= 0.6 is 11.6 Å². The Balaban J connectivity index is 1.98. The third kappa shape index (κ3) is 3.39. The molecule has 0 bridgehead atoms. The van der Waals surface area contributed by atoms with Crippen molar-refractivity contribution in [1.29, 1.82) is 0 Å². The van der Waals surface area contributed by atoms with Gasteiger partial charge < -0.3 is 14.9 Å². The molecule has 1 aliphatic heterocycles. The van der Waals surface area contributed by atoms with Gasteiger partial charge in [0.2, 0.25) is 0 Å². The molecular formula is C14H19ClN2O2. The number of benzene rings is 1. The quantitative estimate of drug-likeness (QED) is 0.899. The number of aliphatic hydroxyl groups is 1. The molecule has 2 rings (SSSR count). The molecule has 1 aliphatic rings. The van der Waals surface area contributed by atoms with Gasteiger partial charge in [-0.2, -0.15) is 0 Å². The molecule has 4 nitrogen and oxygen atoms in total. The van der Waals surface area contributed by atoms with Crippen LogP contribution in [0.25, 0.3) is 0 Å². The van der Waals surface area contributed by atoms with Crippen LogP contribution in [0.1, 0.15) is 13.8 Å².